The standard InChI is InChI=1S/C34H34N4O7S/c1-3-7-24-30(33(41)43-4-2)31(21-10-11-26-27(16-21)45-20-44-26)38-32(40)28(46-34(38)35-24)17-22-18-37(25-9-6-5-8-23(22)25)19-29(39)36-12-14-42-15-13-36/h5-6,8-11,16-18,31H,3-4,7,12-15,19-20H2,1-2H3/b28-17+/t31-/m0/s1. The molecule has 0 saturated carbocycles. The predicted octanol–water partition coefficient (Wildman–Crippen LogP) is 3.12. The van der Waals surface area contributed by atoms with E-state index in [4.69, 9.17) is 23.9 Å². The average Bonchev–Trinajstić information content (AvgIpc) is 3.77. The van der Waals surface area contributed by atoms with Gasteiger partial charge in [0.15, 0.2) is 16.3 Å². The van der Waals surface area contributed by atoms with Crippen LogP contribution in [-0.4, -0.2) is 65.6 Å². The maximum Gasteiger partial charge on any atom is 0.338 e. The summed E-state index contributed by atoms with van der Waals surface area (Å²) in [6, 6.07) is 12.5. The summed E-state index contributed by atoms with van der Waals surface area (Å²) in [5.41, 5.74) is 3.09. The van der Waals surface area contributed by atoms with Gasteiger partial charge in [-0.3, -0.25) is 14.2 Å². The van der Waals surface area contributed by atoms with Crippen molar-refractivity contribution in [3.05, 3.63) is 90.7 Å². The molecule has 7 rings (SSSR count). The van der Waals surface area contributed by atoms with Crippen molar-refractivity contribution < 1.29 is 28.5 Å². The van der Waals surface area contributed by atoms with Gasteiger partial charge in [0.05, 0.1) is 41.7 Å². The Bertz CT molecular complexity index is 2050. The van der Waals surface area contributed by atoms with E-state index in [1.165, 1.54) is 11.3 Å². The van der Waals surface area contributed by atoms with Crippen molar-refractivity contribution in [2.24, 2.45) is 4.99 Å². The van der Waals surface area contributed by atoms with Crippen molar-refractivity contribution >= 4 is 40.2 Å². The summed E-state index contributed by atoms with van der Waals surface area (Å²) in [4.78, 5) is 48.2. The molecule has 0 bridgehead atoms. The highest BCUT2D eigenvalue weighted by atomic mass is 32.1. The van der Waals surface area contributed by atoms with Crippen molar-refractivity contribution in [3.8, 4) is 11.5 Å². The summed E-state index contributed by atoms with van der Waals surface area (Å²) in [6.07, 6.45) is 5.08. The van der Waals surface area contributed by atoms with Gasteiger partial charge in [0.2, 0.25) is 12.7 Å². The van der Waals surface area contributed by atoms with Gasteiger partial charge in [0, 0.05) is 35.8 Å². The number of fused-ring (bicyclic) bond motifs is 3. The number of hydrogen-bond donors (Lipinski definition) is 0. The molecule has 2 aromatic carbocycles. The molecule has 0 spiro atoms. The van der Waals surface area contributed by atoms with Gasteiger partial charge in [-0.2, -0.15) is 0 Å². The summed E-state index contributed by atoms with van der Waals surface area (Å²) >= 11 is 1.28. The van der Waals surface area contributed by atoms with Crippen LogP contribution < -0.4 is 24.4 Å². The lowest BCUT2D eigenvalue weighted by Gasteiger charge is -2.27. The maximum atomic E-state index is 14.3. The number of nitrogens with zero attached hydrogens (tertiary/aromatic N) is 4. The molecular formula is C34H34N4O7S. The topological polar surface area (TPSA) is 114 Å². The van der Waals surface area contributed by atoms with E-state index in [2.05, 4.69) is 0 Å². The van der Waals surface area contributed by atoms with Gasteiger partial charge < -0.3 is 28.4 Å². The molecule has 12 heteroatoms. The number of thiazole rings is 1. The van der Waals surface area contributed by atoms with Crippen molar-refractivity contribution in [2.75, 3.05) is 39.7 Å². The highest BCUT2D eigenvalue weighted by molar-refractivity contribution is 7.07. The molecule has 238 valence electrons. The monoisotopic (exact) mass is 642 g/mol. The van der Waals surface area contributed by atoms with Gasteiger partial charge in [-0.05, 0) is 43.2 Å². The van der Waals surface area contributed by atoms with Crippen molar-refractivity contribution in [3.63, 3.8) is 0 Å². The first-order chi connectivity index (χ1) is 22.5. The SMILES string of the molecule is CCCC1=C(C(=O)OCC)[C@H](c2ccc3c(c2)OCO3)n2c(s/c(=C/c3cn(CC(=O)N4CCOCC4)c4ccccc34)c2=O)=N1. The zero-order valence-corrected chi connectivity index (χ0v) is 26.5. The Morgan fingerprint density at radius 3 is 2.70 bits per heavy atom. The van der Waals surface area contributed by atoms with Crippen LogP contribution >= 0.6 is 11.3 Å². The van der Waals surface area contributed by atoms with E-state index < -0.39 is 12.0 Å². The normalized spacial score (nSPS) is 17.7. The fraction of sp³-hybridized carbons (Fsp3) is 0.353. The van der Waals surface area contributed by atoms with E-state index in [1.807, 2.05) is 65.1 Å². The minimum Gasteiger partial charge on any atom is -0.463 e. The zero-order chi connectivity index (χ0) is 31.8. The molecule has 3 aliphatic rings. The summed E-state index contributed by atoms with van der Waals surface area (Å²) in [6.45, 7) is 6.48. The van der Waals surface area contributed by atoms with Gasteiger partial charge in [-0.15, -0.1) is 0 Å². The number of rotatable bonds is 8. The fourth-order valence-electron chi connectivity index (χ4n) is 6.24. The quantitative estimate of drug-likeness (QED) is 0.272. The molecule has 2 aromatic heterocycles. The Labute approximate surface area is 268 Å². The molecule has 0 aliphatic carbocycles. The van der Waals surface area contributed by atoms with E-state index in [-0.39, 0.29) is 31.4 Å². The van der Waals surface area contributed by atoms with Gasteiger partial charge in [-0.25, -0.2) is 9.79 Å². The van der Waals surface area contributed by atoms with E-state index in [9.17, 15) is 14.4 Å². The Hall–Kier alpha value is -4.68. The molecule has 0 radical (unpaired) electrons. The summed E-state index contributed by atoms with van der Waals surface area (Å²) in [5, 5.41) is 0.925. The van der Waals surface area contributed by atoms with Crippen LogP contribution in [0.3, 0.4) is 0 Å². The third kappa shape index (κ3) is 5.41. The Morgan fingerprint density at radius 1 is 1.09 bits per heavy atom. The second-order valence-electron chi connectivity index (χ2n) is 11.2. The van der Waals surface area contributed by atoms with Crippen LogP contribution in [0.4, 0.5) is 0 Å². The number of esters is 1. The highest BCUT2D eigenvalue weighted by Crippen LogP contribution is 2.39. The first kappa shape index (κ1) is 30.0. The van der Waals surface area contributed by atoms with Gasteiger partial charge in [-0.1, -0.05) is 48.9 Å². The number of para-hydroxylation sites is 1. The molecule has 46 heavy (non-hydrogen) atoms. The molecular weight excluding hydrogens is 608 g/mol. The highest BCUT2D eigenvalue weighted by Gasteiger charge is 2.35. The number of benzene rings is 2. The molecule has 4 aromatic rings. The van der Waals surface area contributed by atoms with Gasteiger partial charge >= 0.3 is 5.97 Å². The minimum absolute atomic E-state index is 0.0219. The molecule has 0 unspecified atom stereocenters. The van der Waals surface area contributed by atoms with Crippen molar-refractivity contribution in [2.45, 2.75) is 39.3 Å². The third-order valence-corrected chi connectivity index (χ3v) is 9.36. The minimum atomic E-state index is -0.763. The molecule has 1 amide bonds. The van der Waals surface area contributed by atoms with E-state index in [0.29, 0.717) is 70.4 Å². The van der Waals surface area contributed by atoms with Crippen LogP contribution in [-0.2, 0) is 25.6 Å². The van der Waals surface area contributed by atoms with E-state index >= 15 is 0 Å². The number of carbonyl (C=O) groups is 2. The second kappa shape index (κ2) is 12.6. The Kier molecular flexibility index (Phi) is 8.22. The first-order valence-corrected chi connectivity index (χ1v) is 16.3. The largest absolute Gasteiger partial charge is 0.463 e. The van der Waals surface area contributed by atoms with Crippen molar-refractivity contribution in [1.82, 2.24) is 14.0 Å². The summed E-state index contributed by atoms with van der Waals surface area (Å²) < 4.78 is 26.1. The van der Waals surface area contributed by atoms with Crippen LogP contribution in [0.5, 0.6) is 11.5 Å². The summed E-state index contributed by atoms with van der Waals surface area (Å²) in [5.74, 6) is 0.680. The molecule has 3 aliphatic heterocycles. The number of aromatic nitrogens is 2. The maximum absolute atomic E-state index is 14.3. The molecule has 5 heterocycles. The van der Waals surface area contributed by atoms with Crippen LogP contribution in [0.15, 0.2) is 69.7 Å². The van der Waals surface area contributed by atoms with Crippen LogP contribution in [0, 0.1) is 0 Å². The molecule has 0 N–H and O–H groups in total. The molecule has 1 saturated heterocycles. The number of hydrogen-bond acceptors (Lipinski definition) is 9. The Balaban J connectivity index is 1.36. The van der Waals surface area contributed by atoms with Crippen molar-refractivity contribution in [1.29, 1.82) is 0 Å². The first-order valence-electron chi connectivity index (χ1n) is 15.5. The van der Waals surface area contributed by atoms with E-state index in [1.54, 1.807) is 17.6 Å². The zero-order valence-electron chi connectivity index (χ0n) is 25.7. The summed E-state index contributed by atoms with van der Waals surface area (Å²) in [7, 11) is 0. The van der Waals surface area contributed by atoms with Crippen LogP contribution in [0.2, 0.25) is 0 Å². The lowest BCUT2D eigenvalue weighted by molar-refractivity contribution is -0.139. The number of amides is 1. The van der Waals surface area contributed by atoms with Crippen LogP contribution in [0.25, 0.3) is 17.0 Å². The number of ether oxygens (including phenoxy) is 4. The second-order valence-corrected chi connectivity index (χ2v) is 12.3. The molecule has 1 fully saturated rings. The predicted molar refractivity (Wildman–Crippen MR) is 172 cm³/mol. The Morgan fingerprint density at radius 2 is 1.89 bits per heavy atom. The van der Waals surface area contributed by atoms with Gasteiger partial charge in [0.1, 0.15) is 6.54 Å². The fourth-order valence-corrected chi connectivity index (χ4v) is 7.25. The van der Waals surface area contributed by atoms with Gasteiger partial charge in [0.25, 0.3) is 5.56 Å². The smallest absolute Gasteiger partial charge is 0.338 e. The lowest BCUT2D eigenvalue weighted by Crippen LogP contribution is -2.42. The number of allylic oxidation sites excluding steroid dienone is 1. The van der Waals surface area contributed by atoms with E-state index in [0.717, 1.165) is 22.9 Å². The number of carbonyl (C=O) groups excluding carboxylic acids is 2. The number of morpholine rings is 1. The third-order valence-electron chi connectivity index (χ3n) is 8.38. The average molecular weight is 643 g/mol. The van der Waals surface area contributed by atoms with Crippen LogP contribution in [0.1, 0.15) is 43.9 Å². The lowest BCUT2D eigenvalue weighted by atomic mass is 9.94. The molecule has 1 atom stereocenters. The molecule has 11 nitrogen and oxygen atoms in total.